The first-order chi connectivity index (χ1) is 10.8. The summed E-state index contributed by atoms with van der Waals surface area (Å²) in [4.78, 5) is 10.7. The first-order valence-corrected chi connectivity index (χ1v) is 7.44. The van der Waals surface area contributed by atoms with Gasteiger partial charge in [-0.05, 0) is 30.2 Å². The Morgan fingerprint density at radius 1 is 1.39 bits per heavy atom. The van der Waals surface area contributed by atoms with Gasteiger partial charge in [0.2, 0.25) is 0 Å². The van der Waals surface area contributed by atoms with Gasteiger partial charge in [-0.3, -0.25) is 0 Å². The van der Waals surface area contributed by atoms with Crippen molar-refractivity contribution in [3.63, 3.8) is 0 Å². The molecular formula is C19H22O4. The molecule has 0 atom stereocenters. The summed E-state index contributed by atoms with van der Waals surface area (Å²) in [5.74, 6) is 0.565. The molecule has 4 nitrogen and oxygen atoms in total. The summed E-state index contributed by atoms with van der Waals surface area (Å²) < 4.78 is 11.2. The van der Waals surface area contributed by atoms with Gasteiger partial charge in [0.15, 0.2) is 0 Å². The van der Waals surface area contributed by atoms with Gasteiger partial charge in [-0.25, -0.2) is 4.79 Å². The molecule has 0 spiro atoms. The lowest BCUT2D eigenvalue weighted by atomic mass is 9.90. The molecule has 23 heavy (non-hydrogen) atoms. The van der Waals surface area contributed by atoms with E-state index in [9.17, 15) is 4.79 Å². The number of ether oxygens (including phenoxy) is 2. The molecule has 0 saturated carbocycles. The number of fused-ring (bicyclic) bond motifs is 1. The standard InChI is InChI=1S/C19H22O4/c1-13(9-18(20)21)5-6-14-11-19(2,3)12-23-17-10-15(22-4)7-8-16(14)17/h5-11H,12H2,1-4H3,(H,20,21). The molecule has 0 amide bonds. The number of carboxylic acid groups (broad SMARTS) is 1. The minimum absolute atomic E-state index is 0.129. The molecule has 0 aromatic heterocycles. The average Bonchev–Trinajstić information content (AvgIpc) is 2.60. The van der Waals surface area contributed by atoms with Gasteiger partial charge in [0, 0.05) is 23.1 Å². The predicted octanol–water partition coefficient (Wildman–Crippen LogP) is 4.08. The van der Waals surface area contributed by atoms with E-state index in [0.717, 1.165) is 22.6 Å². The first-order valence-electron chi connectivity index (χ1n) is 7.44. The number of hydrogen-bond donors (Lipinski definition) is 1. The van der Waals surface area contributed by atoms with E-state index in [4.69, 9.17) is 14.6 Å². The van der Waals surface area contributed by atoms with Gasteiger partial charge >= 0.3 is 5.97 Å². The third kappa shape index (κ3) is 4.49. The summed E-state index contributed by atoms with van der Waals surface area (Å²) in [7, 11) is 1.62. The van der Waals surface area contributed by atoms with Gasteiger partial charge in [-0.1, -0.05) is 32.1 Å². The topological polar surface area (TPSA) is 55.8 Å². The lowest BCUT2D eigenvalue weighted by molar-refractivity contribution is -0.131. The fraction of sp³-hybridized carbons (Fsp3) is 0.316. The Kier molecular flexibility index (Phi) is 4.94. The molecule has 0 unspecified atom stereocenters. The molecule has 0 aliphatic carbocycles. The number of allylic oxidation sites excluding steroid dienone is 4. The van der Waals surface area contributed by atoms with Crippen molar-refractivity contribution in [1.29, 1.82) is 0 Å². The van der Waals surface area contributed by atoms with Gasteiger partial charge in [-0.2, -0.15) is 0 Å². The normalized spacial score (nSPS) is 17.0. The van der Waals surface area contributed by atoms with Crippen LogP contribution < -0.4 is 9.47 Å². The maximum absolute atomic E-state index is 10.7. The highest BCUT2D eigenvalue weighted by molar-refractivity contribution is 5.82. The van der Waals surface area contributed by atoms with Gasteiger partial charge < -0.3 is 14.6 Å². The Labute approximate surface area is 136 Å². The third-order valence-electron chi connectivity index (χ3n) is 3.52. The first kappa shape index (κ1) is 16.9. The van der Waals surface area contributed by atoms with Crippen LogP contribution in [0.4, 0.5) is 0 Å². The zero-order chi connectivity index (χ0) is 17.0. The fourth-order valence-electron chi connectivity index (χ4n) is 2.39. The summed E-state index contributed by atoms with van der Waals surface area (Å²) in [6.45, 7) is 6.53. The largest absolute Gasteiger partial charge is 0.497 e. The van der Waals surface area contributed by atoms with Crippen LogP contribution in [0.5, 0.6) is 11.5 Å². The van der Waals surface area contributed by atoms with Crippen LogP contribution in [-0.2, 0) is 4.79 Å². The molecule has 0 bridgehead atoms. The van der Waals surface area contributed by atoms with E-state index in [-0.39, 0.29) is 5.41 Å². The van der Waals surface area contributed by atoms with Crippen molar-refractivity contribution in [3.05, 3.63) is 53.6 Å². The molecule has 1 aromatic carbocycles. The van der Waals surface area contributed by atoms with Crippen molar-refractivity contribution < 1.29 is 19.4 Å². The lowest BCUT2D eigenvalue weighted by Crippen LogP contribution is -2.17. The Bertz CT molecular complexity index is 693. The van der Waals surface area contributed by atoms with Crippen molar-refractivity contribution in [2.45, 2.75) is 20.8 Å². The highest BCUT2D eigenvalue weighted by Crippen LogP contribution is 2.37. The monoisotopic (exact) mass is 314 g/mol. The van der Waals surface area contributed by atoms with Crippen LogP contribution in [0.1, 0.15) is 26.3 Å². The lowest BCUT2D eigenvalue weighted by Gasteiger charge is -2.18. The zero-order valence-electron chi connectivity index (χ0n) is 13.9. The van der Waals surface area contributed by atoms with Crippen molar-refractivity contribution in [2.75, 3.05) is 13.7 Å². The highest BCUT2D eigenvalue weighted by Gasteiger charge is 2.23. The Balaban J connectivity index is 2.44. The highest BCUT2D eigenvalue weighted by atomic mass is 16.5. The average molecular weight is 314 g/mol. The molecule has 1 aliphatic heterocycles. The van der Waals surface area contributed by atoms with E-state index in [2.05, 4.69) is 19.9 Å². The Morgan fingerprint density at radius 3 is 2.78 bits per heavy atom. The maximum Gasteiger partial charge on any atom is 0.328 e. The van der Waals surface area contributed by atoms with Crippen molar-refractivity contribution in [2.24, 2.45) is 5.41 Å². The molecule has 4 heteroatoms. The summed E-state index contributed by atoms with van der Waals surface area (Å²) in [5.41, 5.74) is 2.52. The van der Waals surface area contributed by atoms with Crippen LogP contribution in [0.15, 0.2) is 48.1 Å². The van der Waals surface area contributed by atoms with Gasteiger partial charge in [0.25, 0.3) is 0 Å². The Hall–Kier alpha value is -2.49. The summed E-state index contributed by atoms with van der Waals surface area (Å²) in [6, 6.07) is 5.72. The maximum atomic E-state index is 10.7. The Morgan fingerprint density at radius 2 is 2.13 bits per heavy atom. The second-order valence-corrected chi connectivity index (χ2v) is 6.30. The molecule has 0 saturated heterocycles. The molecule has 1 heterocycles. The van der Waals surface area contributed by atoms with Gasteiger partial charge in [0.05, 0.1) is 13.7 Å². The van der Waals surface area contributed by atoms with Crippen LogP contribution in [0, 0.1) is 5.41 Å². The smallest absolute Gasteiger partial charge is 0.328 e. The number of carbonyl (C=O) groups is 1. The van der Waals surface area contributed by atoms with Crippen molar-refractivity contribution in [3.8, 4) is 11.5 Å². The van der Waals surface area contributed by atoms with E-state index >= 15 is 0 Å². The SMILES string of the molecule is COc1ccc2c(c1)OCC(C)(C)C=C2C=CC(C)=CC(=O)O. The zero-order valence-corrected chi connectivity index (χ0v) is 13.9. The van der Waals surface area contributed by atoms with Gasteiger partial charge in [0.1, 0.15) is 11.5 Å². The van der Waals surface area contributed by atoms with E-state index in [1.807, 2.05) is 24.3 Å². The van der Waals surface area contributed by atoms with Crippen molar-refractivity contribution >= 4 is 11.5 Å². The van der Waals surface area contributed by atoms with Crippen LogP contribution in [0.2, 0.25) is 0 Å². The summed E-state index contributed by atoms with van der Waals surface area (Å²) in [6.07, 6.45) is 7.06. The molecule has 1 N–H and O–H groups in total. The quantitative estimate of drug-likeness (QED) is 0.672. The fourth-order valence-corrected chi connectivity index (χ4v) is 2.39. The minimum atomic E-state index is -0.948. The number of benzene rings is 1. The number of carboxylic acids is 1. The molecule has 0 fully saturated rings. The number of methoxy groups -OCH3 is 1. The van der Waals surface area contributed by atoms with Crippen LogP contribution >= 0.6 is 0 Å². The molecule has 2 rings (SSSR count). The van der Waals surface area contributed by atoms with Crippen molar-refractivity contribution in [1.82, 2.24) is 0 Å². The second kappa shape index (κ2) is 6.73. The second-order valence-electron chi connectivity index (χ2n) is 6.30. The number of hydrogen-bond acceptors (Lipinski definition) is 3. The van der Waals surface area contributed by atoms with Crippen LogP contribution in [-0.4, -0.2) is 24.8 Å². The van der Waals surface area contributed by atoms with E-state index < -0.39 is 5.97 Å². The summed E-state index contributed by atoms with van der Waals surface area (Å²) in [5, 5.41) is 8.81. The van der Waals surface area contributed by atoms with Gasteiger partial charge in [-0.15, -0.1) is 0 Å². The number of rotatable bonds is 4. The molecular weight excluding hydrogens is 292 g/mol. The minimum Gasteiger partial charge on any atom is -0.497 e. The van der Waals surface area contributed by atoms with Crippen LogP contribution in [0.3, 0.4) is 0 Å². The molecule has 122 valence electrons. The van der Waals surface area contributed by atoms with E-state index in [1.165, 1.54) is 6.08 Å². The van der Waals surface area contributed by atoms with E-state index in [0.29, 0.717) is 12.2 Å². The predicted molar refractivity (Wildman–Crippen MR) is 90.8 cm³/mol. The van der Waals surface area contributed by atoms with E-state index in [1.54, 1.807) is 20.1 Å². The molecule has 0 radical (unpaired) electrons. The number of aliphatic carboxylic acids is 1. The summed E-state index contributed by atoms with van der Waals surface area (Å²) >= 11 is 0. The molecule has 1 aliphatic rings. The third-order valence-corrected chi connectivity index (χ3v) is 3.52. The van der Waals surface area contributed by atoms with Crippen LogP contribution in [0.25, 0.3) is 5.57 Å². The molecule has 1 aromatic rings.